The number of hydrogen-bond acceptors (Lipinski definition) is 3. The van der Waals surface area contributed by atoms with Crippen LogP contribution in [0.3, 0.4) is 0 Å². The van der Waals surface area contributed by atoms with E-state index in [1.807, 2.05) is 23.9 Å². The average molecular weight is 287 g/mol. The third kappa shape index (κ3) is 4.91. The smallest absolute Gasteiger partial charge is 0.115 e. The third-order valence-corrected chi connectivity index (χ3v) is 4.06. The molecule has 0 aliphatic rings. The summed E-state index contributed by atoms with van der Waals surface area (Å²) < 4.78 is 0. The SMILES string of the molecule is CC(C)NCc1ccc(SCc2ccc(O)cc2)cc1. The molecule has 20 heavy (non-hydrogen) atoms. The number of nitrogens with one attached hydrogen (secondary N) is 1. The molecule has 0 heterocycles. The lowest BCUT2D eigenvalue weighted by molar-refractivity contribution is 0.475. The molecular weight excluding hydrogens is 266 g/mol. The Morgan fingerprint density at radius 3 is 2.15 bits per heavy atom. The molecule has 106 valence electrons. The standard InChI is InChI=1S/C17H21NOS/c1-13(2)18-11-14-5-9-17(10-6-14)20-12-15-3-7-16(19)8-4-15/h3-10,13,18-19H,11-12H2,1-2H3. The average Bonchev–Trinajstić information content (AvgIpc) is 2.45. The van der Waals surface area contributed by atoms with E-state index in [1.54, 1.807) is 12.1 Å². The van der Waals surface area contributed by atoms with Gasteiger partial charge in [0.15, 0.2) is 0 Å². The van der Waals surface area contributed by atoms with Gasteiger partial charge in [-0.15, -0.1) is 11.8 Å². The van der Waals surface area contributed by atoms with Crippen LogP contribution in [0.25, 0.3) is 0 Å². The van der Waals surface area contributed by atoms with Gasteiger partial charge in [-0.2, -0.15) is 0 Å². The van der Waals surface area contributed by atoms with Gasteiger partial charge in [0.25, 0.3) is 0 Å². The number of phenols is 1. The predicted octanol–water partition coefficient (Wildman–Crippen LogP) is 4.18. The van der Waals surface area contributed by atoms with Crippen molar-refractivity contribution in [1.82, 2.24) is 5.32 Å². The van der Waals surface area contributed by atoms with E-state index in [0.717, 1.165) is 12.3 Å². The van der Waals surface area contributed by atoms with Crippen molar-refractivity contribution in [3.05, 3.63) is 59.7 Å². The summed E-state index contributed by atoms with van der Waals surface area (Å²) in [6.45, 7) is 5.23. The maximum atomic E-state index is 9.25. The van der Waals surface area contributed by atoms with Crippen LogP contribution >= 0.6 is 11.8 Å². The Kier molecular flexibility index (Phi) is 5.50. The Labute approximate surface area is 125 Å². The fourth-order valence-corrected chi connectivity index (χ4v) is 2.64. The predicted molar refractivity (Wildman–Crippen MR) is 86.1 cm³/mol. The number of thioether (sulfide) groups is 1. The van der Waals surface area contributed by atoms with Gasteiger partial charge in [0.05, 0.1) is 0 Å². The van der Waals surface area contributed by atoms with E-state index in [2.05, 4.69) is 43.4 Å². The zero-order valence-electron chi connectivity index (χ0n) is 12.0. The normalized spacial score (nSPS) is 10.9. The second kappa shape index (κ2) is 7.36. The number of aromatic hydroxyl groups is 1. The molecule has 2 aromatic rings. The Morgan fingerprint density at radius 2 is 1.55 bits per heavy atom. The molecule has 0 saturated carbocycles. The molecular formula is C17H21NOS. The quantitative estimate of drug-likeness (QED) is 0.782. The fraction of sp³-hybridized carbons (Fsp3) is 0.294. The first-order valence-corrected chi connectivity index (χ1v) is 7.85. The zero-order chi connectivity index (χ0) is 14.4. The van der Waals surface area contributed by atoms with Gasteiger partial charge in [0.2, 0.25) is 0 Å². The second-order valence-corrected chi connectivity index (χ2v) is 6.18. The lowest BCUT2D eigenvalue weighted by atomic mass is 10.2. The molecule has 0 aliphatic heterocycles. The molecule has 0 saturated heterocycles. The molecule has 0 aromatic heterocycles. The van der Waals surface area contributed by atoms with Crippen LogP contribution in [-0.2, 0) is 12.3 Å². The number of rotatable bonds is 6. The van der Waals surface area contributed by atoms with Crippen LogP contribution in [-0.4, -0.2) is 11.1 Å². The Morgan fingerprint density at radius 1 is 0.950 bits per heavy atom. The van der Waals surface area contributed by atoms with Crippen LogP contribution in [0.15, 0.2) is 53.4 Å². The van der Waals surface area contributed by atoms with Crippen molar-refractivity contribution in [2.75, 3.05) is 0 Å². The number of phenolic OH excluding ortho intramolecular Hbond substituents is 1. The van der Waals surface area contributed by atoms with Gasteiger partial charge in [0, 0.05) is 23.2 Å². The molecule has 2 rings (SSSR count). The molecule has 0 spiro atoms. The fourth-order valence-electron chi connectivity index (χ4n) is 1.78. The minimum absolute atomic E-state index is 0.320. The van der Waals surface area contributed by atoms with Crippen molar-refractivity contribution in [3.8, 4) is 5.75 Å². The summed E-state index contributed by atoms with van der Waals surface area (Å²) in [6.07, 6.45) is 0. The second-order valence-electron chi connectivity index (χ2n) is 5.13. The molecule has 3 heteroatoms. The van der Waals surface area contributed by atoms with E-state index in [-0.39, 0.29) is 0 Å². The first kappa shape index (κ1) is 14.9. The van der Waals surface area contributed by atoms with E-state index in [9.17, 15) is 5.11 Å². The molecule has 2 aromatic carbocycles. The summed E-state index contributed by atoms with van der Waals surface area (Å²) in [5.41, 5.74) is 2.53. The molecule has 0 atom stereocenters. The summed E-state index contributed by atoms with van der Waals surface area (Å²) >= 11 is 1.81. The van der Waals surface area contributed by atoms with E-state index in [0.29, 0.717) is 11.8 Å². The minimum Gasteiger partial charge on any atom is -0.508 e. The lowest BCUT2D eigenvalue weighted by Gasteiger charge is -2.08. The highest BCUT2D eigenvalue weighted by Crippen LogP contribution is 2.24. The topological polar surface area (TPSA) is 32.3 Å². The van der Waals surface area contributed by atoms with Gasteiger partial charge in [-0.3, -0.25) is 0 Å². The molecule has 0 fully saturated rings. The van der Waals surface area contributed by atoms with E-state index >= 15 is 0 Å². The van der Waals surface area contributed by atoms with Crippen LogP contribution < -0.4 is 5.32 Å². The third-order valence-electron chi connectivity index (χ3n) is 2.98. The highest BCUT2D eigenvalue weighted by atomic mass is 32.2. The van der Waals surface area contributed by atoms with Gasteiger partial charge in [-0.05, 0) is 35.4 Å². The number of benzene rings is 2. The van der Waals surface area contributed by atoms with Gasteiger partial charge < -0.3 is 10.4 Å². The summed E-state index contributed by atoms with van der Waals surface area (Å²) in [5.74, 6) is 1.24. The monoisotopic (exact) mass is 287 g/mol. The lowest BCUT2D eigenvalue weighted by Crippen LogP contribution is -2.21. The van der Waals surface area contributed by atoms with Crippen LogP contribution in [0, 0.1) is 0 Å². The molecule has 0 bridgehead atoms. The summed E-state index contributed by atoms with van der Waals surface area (Å²) in [7, 11) is 0. The molecule has 0 aliphatic carbocycles. The van der Waals surface area contributed by atoms with Crippen molar-refractivity contribution in [2.24, 2.45) is 0 Å². The maximum absolute atomic E-state index is 9.25. The van der Waals surface area contributed by atoms with E-state index in [4.69, 9.17) is 0 Å². The Balaban J connectivity index is 1.85. The minimum atomic E-state index is 0.320. The summed E-state index contributed by atoms with van der Waals surface area (Å²) in [6, 6.07) is 16.6. The van der Waals surface area contributed by atoms with Crippen LogP contribution in [0.1, 0.15) is 25.0 Å². The van der Waals surface area contributed by atoms with Crippen molar-refractivity contribution in [3.63, 3.8) is 0 Å². The number of hydrogen-bond donors (Lipinski definition) is 2. The van der Waals surface area contributed by atoms with Gasteiger partial charge >= 0.3 is 0 Å². The highest BCUT2D eigenvalue weighted by molar-refractivity contribution is 7.98. The van der Waals surface area contributed by atoms with Gasteiger partial charge in [0.1, 0.15) is 5.75 Å². The van der Waals surface area contributed by atoms with Crippen molar-refractivity contribution >= 4 is 11.8 Å². The molecule has 0 radical (unpaired) electrons. The Bertz CT molecular complexity index is 520. The molecule has 2 N–H and O–H groups in total. The van der Waals surface area contributed by atoms with Crippen molar-refractivity contribution in [2.45, 2.75) is 37.1 Å². The summed E-state index contributed by atoms with van der Waals surface area (Å²) in [4.78, 5) is 1.27. The zero-order valence-corrected chi connectivity index (χ0v) is 12.8. The van der Waals surface area contributed by atoms with Crippen molar-refractivity contribution in [1.29, 1.82) is 0 Å². The molecule has 0 amide bonds. The van der Waals surface area contributed by atoms with Crippen LogP contribution in [0.5, 0.6) is 5.75 Å². The first-order chi connectivity index (χ1) is 9.63. The van der Waals surface area contributed by atoms with E-state index < -0.39 is 0 Å². The van der Waals surface area contributed by atoms with E-state index in [1.165, 1.54) is 16.0 Å². The highest BCUT2D eigenvalue weighted by Gasteiger charge is 1.99. The maximum Gasteiger partial charge on any atom is 0.115 e. The van der Waals surface area contributed by atoms with Crippen LogP contribution in [0.4, 0.5) is 0 Å². The largest absolute Gasteiger partial charge is 0.508 e. The summed E-state index contributed by atoms with van der Waals surface area (Å²) in [5, 5.41) is 12.7. The molecule has 2 nitrogen and oxygen atoms in total. The molecule has 0 unspecified atom stereocenters. The van der Waals surface area contributed by atoms with Crippen LogP contribution in [0.2, 0.25) is 0 Å². The van der Waals surface area contributed by atoms with Gasteiger partial charge in [-0.25, -0.2) is 0 Å². The first-order valence-electron chi connectivity index (χ1n) is 6.86. The van der Waals surface area contributed by atoms with Crippen molar-refractivity contribution < 1.29 is 5.11 Å². The Hall–Kier alpha value is -1.45. The van der Waals surface area contributed by atoms with Gasteiger partial charge in [-0.1, -0.05) is 38.1 Å².